The first-order chi connectivity index (χ1) is 3.98. The Balaban J connectivity index is 3.58. The molecule has 0 spiro atoms. The highest BCUT2D eigenvalue weighted by atomic mass is 15.1. The molecule has 0 saturated carbocycles. The van der Waals surface area contributed by atoms with Gasteiger partial charge in [0, 0.05) is 0 Å². The van der Waals surface area contributed by atoms with Gasteiger partial charge in [0.05, 0.1) is 32.6 Å². The maximum absolute atomic E-state index is 3.90. The second-order valence-electron chi connectivity index (χ2n) is 3.80. The van der Waals surface area contributed by atoms with Crippen molar-refractivity contribution in [3.05, 3.63) is 0 Å². The minimum absolute atomic E-state index is 0.416. The van der Waals surface area contributed by atoms with Crippen LogP contribution in [0.2, 0.25) is 0 Å². The molecule has 0 aliphatic rings. The Kier molecular flexibility index (Phi) is 3.15. The minimum Gasteiger partial charge on any atom is -0.357 e. The van der Waals surface area contributed by atoms with E-state index in [-0.39, 0.29) is 0 Å². The molecule has 0 saturated heterocycles. The number of quaternary nitrogens is 2. The molecule has 0 atom stereocenters. The van der Waals surface area contributed by atoms with Gasteiger partial charge < -0.3 is 10.6 Å². The van der Waals surface area contributed by atoms with Crippen LogP contribution in [0, 0.1) is 5.41 Å². The molecule has 0 heterocycles. The summed E-state index contributed by atoms with van der Waals surface area (Å²) in [7, 11) is 4.36. The van der Waals surface area contributed by atoms with Crippen molar-refractivity contribution in [2.45, 2.75) is 13.8 Å². The third-order valence-electron chi connectivity index (χ3n) is 1.51. The second-order valence-corrected chi connectivity index (χ2v) is 3.80. The van der Waals surface area contributed by atoms with Crippen LogP contribution in [0.5, 0.6) is 0 Å². The molecule has 2 nitrogen and oxygen atoms in total. The lowest BCUT2D eigenvalue weighted by Gasteiger charge is -2.21. The summed E-state index contributed by atoms with van der Waals surface area (Å²) in [5.41, 5.74) is 4.31. The van der Waals surface area contributed by atoms with Crippen LogP contribution in [0.1, 0.15) is 13.8 Å². The Hall–Kier alpha value is -0.0800. The van der Waals surface area contributed by atoms with E-state index < -0.39 is 0 Å². The first-order valence-corrected chi connectivity index (χ1v) is 3.56. The summed E-state index contributed by atoms with van der Waals surface area (Å²) >= 11 is 0. The lowest BCUT2D eigenvalue weighted by Crippen LogP contribution is -3.07. The minimum atomic E-state index is 0.416. The summed E-state index contributed by atoms with van der Waals surface area (Å²) in [6.45, 7) is 6.74. The van der Waals surface area contributed by atoms with E-state index in [0.717, 1.165) is 6.54 Å². The smallest absolute Gasteiger partial charge is 0.0873 e. The first kappa shape index (κ1) is 8.92. The molecular weight excluding hydrogens is 112 g/mol. The average molecular weight is 132 g/mol. The molecule has 0 radical (unpaired) electrons. The third kappa shape index (κ3) is 4.43. The van der Waals surface area contributed by atoms with Crippen molar-refractivity contribution in [2.24, 2.45) is 5.41 Å². The van der Waals surface area contributed by atoms with Crippen molar-refractivity contribution in [1.29, 1.82) is 0 Å². The molecule has 0 rings (SSSR count). The highest BCUT2D eigenvalue weighted by molar-refractivity contribution is 4.62. The highest BCUT2D eigenvalue weighted by Crippen LogP contribution is 2.06. The van der Waals surface area contributed by atoms with Crippen molar-refractivity contribution in [3.8, 4) is 0 Å². The summed E-state index contributed by atoms with van der Waals surface area (Å²) in [5.74, 6) is 0. The third-order valence-corrected chi connectivity index (χ3v) is 1.51. The molecular formula is C7H20N2+2. The number of hydrogen-bond acceptors (Lipinski definition) is 0. The zero-order valence-corrected chi connectivity index (χ0v) is 7.12. The van der Waals surface area contributed by atoms with Gasteiger partial charge in [0.2, 0.25) is 0 Å². The van der Waals surface area contributed by atoms with Gasteiger partial charge in [-0.05, 0) is 13.8 Å². The van der Waals surface area contributed by atoms with Crippen LogP contribution < -0.4 is 10.6 Å². The molecule has 0 fully saturated rings. The molecule has 0 amide bonds. The van der Waals surface area contributed by atoms with E-state index in [4.69, 9.17) is 0 Å². The van der Waals surface area contributed by atoms with Crippen molar-refractivity contribution < 1.29 is 10.6 Å². The van der Waals surface area contributed by atoms with E-state index in [1.54, 1.807) is 0 Å². The molecule has 0 aromatic rings. The molecule has 4 N–H and O–H groups in total. The van der Waals surface area contributed by atoms with E-state index in [1.807, 2.05) is 0 Å². The predicted octanol–water partition coefficient (Wildman–Crippen LogP) is -1.60. The van der Waals surface area contributed by atoms with Gasteiger partial charge in [-0.25, -0.2) is 0 Å². The van der Waals surface area contributed by atoms with Gasteiger partial charge in [-0.2, -0.15) is 0 Å². The van der Waals surface area contributed by atoms with E-state index in [1.165, 1.54) is 11.4 Å². The quantitative estimate of drug-likeness (QED) is 0.463. The van der Waals surface area contributed by atoms with Crippen molar-refractivity contribution in [2.75, 3.05) is 27.2 Å². The summed E-state index contributed by atoms with van der Waals surface area (Å²) < 4.78 is 0. The monoisotopic (exact) mass is 132 g/mol. The van der Waals surface area contributed by atoms with Crippen LogP contribution in [0.25, 0.3) is 0 Å². The summed E-state index contributed by atoms with van der Waals surface area (Å²) in [6.07, 6.45) is 0. The molecule has 0 bridgehead atoms. The summed E-state index contributed by atoms with van der Waals surface area (Å²) in [6, 6.07) is 0. The van der Waals surface area contributed by atoms with Gasteiger partial charge in [-0.1, -0.05) is 0 Å². The van der Waals surface area contributed by atoms with Crippen LogP contribution >= 0.6 is 0 Å². The highest BCUT2D eigenvalue weighted by Gasteiger charge is 2.21. The topological polar surface area (TPSA) is 32.1 Å². The van der Waals surface area contributed by atoms with E-state index in [9.17, 15) is 0 Å². The van der Waals surface area contributed by atoms with E-state index in [0.29, 0.717) is 5.41 Å². The van der Waals surface area contributed by atoms with Crippen LogP contribution in [0.3, 0.4) is 0 Å². The van der Waals surface area contributed by atoms with Crippen molar-refractivity contribution >= 4 is 0 Å². The molecule has 0 aliphatic carbocycles. The summed E-state index contributed by atoms with van der Waals surface area (Å²) in [5, 5.41) is 0. The lowest BCUT2D eigenvalue weighted by molar-refractivity contribution is -0.866. The molecule has 0 aliphatic heterocycles. The van der Waals surface area contributed by atoms with Crippen LogP contribution in [-0.4, -0.2) is 27.2 Å². The second kappa shape index (κ2) is 3.18. The lowest BCUT2D eigenvalue weighted by atomic mass is 9.93. The van der Waals surface area contributed by atoms with Crippen molar-refractivity contribution in [3.63, 3.8) is 0 Å². The maximum atomic E-state index is 3.90. The summed E-state index contributed by atoms with van der Waals surface area (Å²) in [4.78, 5) is 1.50. The normalized spacial score (nSPS) is 12.7. The fourth-order valence-electron chi connectivity index (χ4n) is 1.05. The zero-order valence-electron chi connectivity index (χ0n) is 7.12. The van der Waals surface area contributed by atoms with Crippen LogP contribution in [0.15, 0.2) is 0 Å². The Bertz CT molecular complexity index is 77.0. The van der Waals surface area contributed by atoms with E-state index in [2.05, 4.69) is 33.7 Å². The Labute approximate surface area is 58.0 Å². The van der Waals surface area contributed by atoms with Crippen molar-refractivity contribution in [1.82, 2.24) is 0 Å². The van der Waals surface area contributed by atoms with Gasteiger partial charge in [0.1, 0.15) is 0 Å². The molecule has 9 heavy (non-hydrogen) atoms. The van der Waals surface area contributed by atoms with Gasteiger partial charge in [-0.15, -0.1) is 0 Å². The molecule has 2 heteroatoms. The number of nitrogens with one attached hydrogen (secondary N) is 1. The largest absolute Gasteiger partial charge is 0.357 e. The molecule has 56 valence electrons. The fourth-order valence-corrected chi connectivity index (χ4v) is 1.05. The van der Waals surface area contributed by atoms with Crippen LogP contribution in [0.4, 0.5) is 0 Å². The fraction of sp³-hybridized carbons (Fsp3) is 1.00. The maximum Gasteiger partial charge on any atom is 0.0873 e. The Morgan fingerprint density at radius 2 is 1.78 bits per heavy atom. The SMILES string of the molecule is C[NH+](C)CC(C)(C)C[NH3+]. The zero-order chi connectivity index (χ0) is 7.49. The van der Waals surface area contributed by atoms with Crippen LogP contribution in [-0.2, 0) is 0 Å². The average Bonchev–Trinajstić information content (AvgIpc) is 1.63. The predicted molar refractivity (Wildman–Crippen MR) is 39.2 cm³/mol. The van der Waals surface area contributed by atoms with E-state index >= 15 is 0 Å². The van der Waals surface area contributed by atoms with Gasteiger partial charge in [0.15, 0.2) is 0 Å². The number of rotatable bonds is 3. The molecule has 0 unspecified atom stereocenters. The standard InChI is InChI=1S/C7H18N2/c1-7(2,5-8)6-9(3)4/h5-6,8H2,1-4H3/p+2. The molecule has 0 aromatic heterocycles. The van der Waals surface area contributed by atoms with Gasteiger partial charge in [0.25, 0.3) is 0 Å². The van der Waals surface area contributed by atoms with Gasteiger partial charge in [-0.3, -0.25) is 0 Å². The molecule has 0 aromatic carbocycles. The number of hydrogen-bond donors (Lipinski definition) is 2. The Morgan fingerprint density at radius 3 is 1.89 bits per heavy atom. The Morgan fingerprint density at radius 1 is 1.33 bits per heavy atom. The first-order valence-electron chi connectivity index (χ1n) is 3.56. The van der Waals surface area contributed by atoms with Gasteiger partial charge >= 0.3 is 0 Å².